The van der Waals surface area contributed by atoms with Crippen molar-refractivity contribution in [2.75, 3.05) is 13.1 Å². The molecule has 1 fully saturated rings. The van der Waals surface area contributed by atoms with Gasteiger partial charge in [-0.2, -0.15) is 8.78 Å². The van der Waals surface area contributed by atoms with Crippen molar-refractivity contribution in [2.45, 2.75) is 26.5 Å². The molecule has 2 aromatic carbocycles. The van der Waals surface area contributed by atoms with E-state index in [9.17, 15) is 22.8 Å². The maximum Gasteiger partial charge on any atom is 0.387 e. The highest BCUT2D eigenvalue weighted by Gasteiger charge is 2.28. The van der Waals surface area contributed by atoms with Gasteiger partial charge in [-0.25, -0.2) is 4.39 Å². The number of halogens is 4. The van der Waals surface area contributed by atoms with Gasteiger partial charge in [-0.1, -0.05) is 12.1 Å². The van der Waals surface area contributed by atoms with Crippen molar-refractivity contribution >= 4 is 32.7 Å². The van der Waals surface area contributed by atoms with E-state index in [2.05, 4.69) is 15.9 Å². The molecule has 2 heterocycles. The Morgan fingerprint density at radius 3 is 2.62 bits per heavy atom. The second-order valence-corrected chi connectivity index (χ2v) is 8.84. The van der Waals surface area contributed by atoms with Crippen molar-refractivity contribution in [2.24, 2.45) is 13.0 Å². The SMILES string of the molecule is CC(=O)N1CC(Cc2ccc(OC(F)F)c(Cn3c4cc(Br)c(F)cc4c(=O)n3C)c2)C1. The van der Waals surface area contributed by atoms with E-state index >= 15 is 0 Å². The van der Waals surface area contributed by atoms with Crippen LogP contribution in [-0.4, -0.2) is 39.9 Å². The number of ether oxygens (including phenoxy) is 1. The van der Waals surface area contributed by atoms with E-state index in [1.165, 1.54) is 30.8 Å². The summed E-state index contributed by atoms with van der Waals surface area (Å²) in [4.78, 5) is 25.7. The van der Waals surface area contributed by atoms with Crippen molar-refractivity contribution in [3.05, 3.63) is 62.1 Å². The molecule has 0 unspecified atom stereocenters. The summed E-state index contributed by atoms with van der Waals surface area (Å²) in [6.45, 7) is -0.0652. The van der Waals surface area contributed by atoms with Crippen molar-refractivity contribution in [1.82, 2.24) is 14.3 Å². The minimum atomic E-state index is -3.00. The Kier molecular flexibility index (Phi) is 6.07. The van der Waals surface area contributed by atoms with Gasteiger partial charge in [0.25, 0.3) is 5.56 Å². The molecule has 0 saturated carbocycles. The van der Waals surface area contributed by atoms with Gasteiger partial charge in [-0.15, -0.1) is 0 Å². The fourth-order valence-corrected chi connectivity index (χ4v) is 4.43. The van der Waals surface area contributed by atoms with Crippen LogP contribution in [0.25, 0.3) is 10.9 Å². The molecule has 0 radical (unpaired) electrons. The van der Waals surface area contributed by atoms with Gasteiger partial charge in [0.15, 0.2) is 0 Å². The molecule has 6 nitrogen and oxygen atoms in total. The molecule has 3 aromatic rings. The molecule has 170 valence electrons. The summed E-state index contributed by atoms with van der Waals surface area (Å²) in [6.07, 6.45) is 0.688. The second kappa shape index (κ2) is 8.65. The Hall–Kier alpha value is -2.75. The summed E-state index contributed by atoms with van der Waals surface area (Å²) >= 11 is 3.13. The third kappa shape index (κ3) is 4.28. The van der Waals surface area contributed by atoms with Gasteiger partial charge in [0.05, 0.1) is 21.9 Å². The zero-order valence-electron chi connectivity index (χ0n) is 17.4. The minimum Gasteiger partial charge on any atom is -0.434 e. The van der Waals surface area contributed by atoms with Gasteiger partial charge < -0.3 is 9.64 Å². The predicted molar refractivity (Wildman–Crippen MR) is 116 cm³/mol. The van der Waals surface area contributed by atoms with Crippen LogP contribution in [0.2, 0.25) is 0 Å². The zero-order valence-corrected chi connectivity index (χ0v) is 19.0. The summed E-state index contributed by atoms with van der Waals surface area (Å²) in [7, 11) is 1.54. The van der Waals surface area contributed by atoms with E-state index in [1.807, 2.05) is 0 Å². The molecule has 1 amide bonds. The number of aromatic nitrogens is 2. The van der Waals surface area contributed by atoms with Crippen LogP contribution in [-0.2, 0) is 24.8 Å². The van der Waals surface area contributed by atoms with Crippen LogP contribution in [0, 0.1) is 11.7 Å². The number of rotatable bonds is 6. The predicted octanol–water partition coefficient (Wildman–Crippen LogP) is 3.91. The molecule has 1 aromatic heterocycles. The molecule has 4 rings (SSSR count). The average molecular weight is 512 g/mol. The Labute approximate surface area is 190 Å². The van der Waals surface area contributed by atoms with Crippen LogP contribution in [0.15, 0.2) is 39.6 Å². The summed E-state index contributed by atoms with van der Waals surface area (Å²) in [6, 6.07) is 7.66. The smallest absolute Gasteiger partial charge is 0.387 e. The number of fused-ring (bicyclic) bond motifs is 1. The first-order valence-corrected chi connectivity index (χ1v) is 10.8. The molecule has 0 spiro atoms. The van der Waals surface area contributed by atoms with E-state index in [-0.39, 0.29) is 28.1 Å². The van der Waals surface area contributed by atoms with Gasteiger partial charge in [-0.05, 0) is 52.0 Å². The first-order valence-electron chi connectivity index (χ1n) is 10.0. The first-order chi connectivity index (χ1) is 15.1. The van der Waals surface area contributed by atoms with E-state index in [4.69, 9.17) is 4.74 Å². The van der Waals surface area contributed by atoms with Crippen molar-refractivity contribution < 1.29 is 22.7 Å². The summed E-state index contributed by atoms with van der Waals surface area (Å²) < 4.78 is 47.8. The maximum absolute atomic E-state index is 14.0. The van der Waals surface area contributed by atoms with E-state index in [0.29, 0.717) is 36.5 Å². The van der Waals surface area contributed by atoms with Crippen LogP contribution in [0.5, 0.6) is 5.75 Å². The Morgan fingerprint density at radius 2 is 1.97 bits per heavy atom. The normalized spacial score (nSPS) is 14.3. The lowest BCUT2D eigenvalue weighted by Crippen LogP contribution is -2.49. The molecule has 0 atom stereocenters. The van der Waals surface area contributed by atoms with E-state index in [0.717, 1.165) is 11.6 Å². The molecule has 1 aliphatic heterocycles. The minimum absolute atomic E-state index is 0.0122. The molecular formula is C22H21BrF3N3O3. The number of carbonyl (C=O) groups is 1. The lowest BCUT2D eigenvalue weighted by molar-refractivity contribution is -0.134. The molecular weight excluding hydrogens is 491 g/mol. The van der Waals surface area contributed by atoms with Crippen molar-refractivity contribution in [3.8, 4) is 5.75 Å². The average Bonchev–Trinajstić information content (AvgIpc) is 2.90. The van der Waals surface area contributed by atoms with Gasteiger partial charge in [-0.3, -0.25) is 19.0 Å². The zero-order chi connectivity index (χ0) is 23.2. The Balaban J connectivity index is 1.69. The van der Waals surface area contributed by atoms with Crippen molar-refractivity contribution in [1.29, 1.82) is 0 Å². The number of nitrogens with zero attached hydrogens (tertiary/aromatic N) is 3. The summed E-state index contributed by atoms with van der Waals surface area (Å²) in [5, 5.41) is 0.194. The highest BCUT2D eigenvalue weighted by atomic mass is 79.9. The molecule has 0 aliphatic carbocycles. The standard InChI is InChI=1S/C22H21BrF3N3O3/c1-12(30)28-9-14(10-28)5-13-3-4-20(32-22(25)26)15(6-13)11-29-19-8-17(23)18(24)7-16(19)21(31)27(29)2/h3-4,6-8,14,22H,5,9-11H2,1-2H3. The topological polar surface area (TPSA) is 56.5 Å². The van der Waals surface area contributed by atoms with Crippen LogP contribution < -0.4 is 10.3 Å². The number of benzene rings is 2. The van der Waals surface area contributed by atoms with Gasteiger partial charge in [0, 0.05) is 32.6 Å². The monoisotopic (exact) mass is 511 g/mol. The van der Waals surface area contributed by atoms with Gasteiger partial charge in [0.2, 0.25) is 5.91 Å². The van der Waals surface area contributed by atoms with E-state index in [1.54, 1.807) is 21.7 Å². The summed E-state index contributed by atoms with van der Waals surface area (Å²) in [5.74, 6) is -0.218. The number of amides is 1. The molecule has 1 saturated heterocycles. The maximum atomic E-state index is 14.0. The van der Waals surface area contributed by atoms with Crippen LogP contribution >= 0.6 is 15.9 Å². The Morgan fingerprint density at radius 1 is 1.25 bits per heavy atom. The Bertz CT molecular complexity index is 1250. The fourth-order valence-electron chi connectivity index (χ4n) is 4.10. The lowest BCUT2D eigenvalue weighted by Gasteiger charge is -2.38. The number of hydrogen-bond donors (Lipinski definition) is 0. The first kappa shape index (κ1) is 22.4. The van der Waals surface area contributed by atoms with Gasteiger partial charge >= 0.3 is 6.61 Å². The fraction of sp³-hybridized carbons (Fsp3) is 0.364. The largest absolute Gasteiger partial charge is 0.434 e. The molecule has 10 heteroatoms. The highest BCUT2D eigenvalue weighted by Crippen LogP contribution is 2.28. The highest BCUT2D eigenvalue weighted by molar-refractivity contribution is 9.10. The number of likely N-dealkylation sites (tertiary alicyclic amines) is 1. The number of carbonyl (C=O) groups excluding carboxylic acids is 1. The molecule has 32 heavy (non-hydrogen) atoms. The second-order valence-electron chi connectivity index (χ2n) is 7.98. The van der Waals surface area contributed by atoms with Crippen LogP contribution in [0.4, 0.5) is 13.2 Å². The third-order valence-corrected chi connectivity index (χ3v) is 6.40. The summed E-state index contributed by atoms with van der Waals surface area (Å²) in [5.41, 5.74) is 1.47. The number of hydrogen-bond acceptors (Lipinski definition) is 3. The lowest BCUT2D eigenvalue weighted by atomic mass is 9.91. The van der Waals surface area contributed by atoms with E-state index < -0.39 is 18.0 Å². The van der Waals surface area contributed by atoms with Crippen LogP contribution in [0.1, 0.15) is 18.1 Å². The molecule has 0 bridgehead atoms. The number of alkyl halides is 2. The molecule has 0 N–H and O–H groups in total. The molecule has 1 aliphatic rings. The third-order valence-electron chi connectivity index (χ3n) is 5.79. The quantitative estimate of drug-likeness (QED) is 0.504. The van der Waals surface area contributed by atoms with Crippen LogP contribution in [0.3, 0.4) is 0 Å². The van der Waals surface area contributed by atoms with Gasteiger partial charge in [0.1, 0.15) is 11.6 Å². The van der Waals surface area contributed by atoms with Crippen molar-refractivity contribution in [3.63, 3.8) is 0 Å².